The molecule has 0 heterocycles. The predicted molar refractivity (Wildman–Crippen MR) is 107 cm³/mol. The molecule has 0 aliphatic heterocycles. The lowest BCUT2D eigenvalue weighted by Gasteiger charge is -2.31. The van der Waals surface area contributed by atoms with Gasteiger partial charge in [0.15, 0.2) is 0 Å². The predicted octanol–water partition coefficient (Wildman–Crippen LogP) is 6.25. The zero-order valence-corrected chi connectivity index (χ0v) is 16.2. The fourth-order valence-electron chi connectivity index (χ4n) is 4.71. The molecule has 2 saturated carbocycles. The van der Waals surface area contributed by atoms with E-state index in [1.165, 1.54) is 75.3 Å². The Morgan fingerprint density at radius 1 is 1.00 bits per heavy atom. The van der Waals surface area contributed by atoms with Crippen molar-refractivity contribution in [2.24, 2.45) is 0 Å². The molecule has 138 valence electrons. The van der Waals surface area contributed by atoms with Crippen LogP contribution in [0.4, 0.5) is 0 Å². The zero-order valence-electron chi connectivity index (χ0n) is 16.2. The van der Waals surface area contributed by atoms with E-state index >= 15 is 0 Å². The van der Waals surface area contributed by atoms with Gasteiger partial charge in [-0.1, -0.05) is 68.9 Å². The molecule has 0 atom stereocenters. The van der Waals surface area contributed by atoms with Crippen LogP contribution in [-0.2, 0) is 4.84 Å². The molecular formula is C23H35NO. The van der Waals surface area contributed by atoms with Gasteiger partial charge in [0.1, 0.15) is 0 Å². The van der Waals surface area contributed by atoms with E-state index in [9.17, 15) is 0 Å². The second-order valence-corrected chi connectivity index (χ2v) is 7.93. The molecule has 0 aromatic heterocycles. The van der Waals surface area contributed by atoms with E-state index in [0.717, 1.165) is 12.5 Å². The maximum atomic E-state index is 5.63. The maximum absolute atomic E-state index is 5.63. The summed E-state index contributed by atoms with van der Waals surface area (Å²) in [5.41, 5.74) is 4.36. The highest BCUT2D eigenvalue weighted by molar-refractivity contribution is 5.52. The van der Waals surface area contributed by atoms with Crippen molar-refractivity contribution < 1.29 is 4.84 Å². The molecule has 0 spiro atoms. The fraction of sp³-hybridized carbons (Fsp3) is 0.652. The van der Waals surface area contributed by atoms with E-state index in [1.54, 1.807) is 5.56 Å². The summed E-state index contributed by atoms with van der Waals surface area (Å²) in [6.07, 6.45) is 18.1. The molecule has 0 bridgehead atoms. The van der Waals surface area contributed by atoms with Crippen molar-refractivity contribution in [3.63, 3.8) is 0 Å². The van der Waals surface area contributed by atoms with Crippen LogP contribution in [0.1, 0.15) is 86.8 Å². The van der Waals surface area contributed by atoms with Crippen LogP contribution in [0.5, 0.6) is 0 Å². The van der Waals surface area contributed by atoms with Crippen LogP contribution in [0.25, 0.3) is 6.08 Å². The first kappa shape index (κ1) is 18.7. The summed E-state index contributed by atoms with van der Waals surface area (Å²) in [7, 11) is 1.81. The highest BCUT2D eigenvalue weighted by Crippen LogP contribution is 2.34. The number of aryl methyl sites for hydroxylation is 1. The summed E-state index contributed by atoms with van der Waals surface area (Å²) in [6, 6.07) is 7.63. The molecule has 3 rings (SSSR count). The van der Waals surface area contributed by atoms with Gasteiger partial charge in [0.2, 0.25) is 0 Å². The van der Waals surface area contributed by atoms with E-state index in [1.807, 2.05) is 7.11 Å². The molecule has 2 fully saturated rings. The molecule has 0 saturated heterocycles. The number of hydrogen-bond donors (Lipinski definition) is 0. The largest absolute Gasteiger partial charge is 0.302 e. The Bertz CT molecular complexity index is 553. The lowest BCUT2D eigenvalue weighted by Crippen LogP contribution is -2.35. The number of hydrogen-bond acceptors (Lipinski definition) is 2. The van der Waals surface area contributed by atoms with Crippen LogP contribution in [0, 0.1) is 6.92 Å². The Kier molecular flexibility index (Phi) is 7.12. The minimum Gasteiger partial charge on any atom is -0.302 e. The Hall–Kier alpha value is -1.12. The van der Waals surface area contributed by atoms with Gasteiger partial charge in [-0.05, 0) is 55.2 Å². The second-order valence-electron chi connectivity index (χ2n) is 7.93. The molecule has 0 unspecified atom stereocenters. The molecule has 2 heteroatoms. The zero-order chi connectivity index (χ0) is 17.5. The first-order valence-corrected chi connectivity index (χ1v) is 10.4. The van der Waals surface area contributed by atoms with Crippen LogP contribution >= 0.6 is 0 Å². The Morgan fingerprint density at radius 2 is 1.68 bits per heavy atom. The van der Waals surface area contributed by atoms with Crippen molar-refractivity contribution in [1.29, 1.82) is 0 Å². The Morgan fingerprint density at radius 3 is 2.32 bits per heavy atom. The number of hydroxylamine groups is 2. The van der Waals surface area contributed by atoms with E-state index in [-0.39, 0.29) is 0 Å². The van der Waals surface area contributed by atoms with Crippen molar-refractivity contribution in [2.45, 2.75) is 83.1 Å². The minimum absolute atomic E-state index is 0.596. The molecule has 1 aromatic rings. The highest BCUT2D eigenvalue weighted by atomic mass is 16.7. The van der Waals surface area contributed by atoms with Crippen LogP contribution in [0.2, 0.25) is 0 Å². The van der Waals surface area contributed by atoms with Gasteiger partial charge in [0.05, 0.1) is 7.11 Å². The molecule has 0 amide bonds. The summed E-state index contributed by atoms with van der Waals surface area (Å²) < 4.78 is 0. The number of nitrogens with zero attached hydrogens (tertiary/aromatic N) is 1. The van der Waals surface area contributed by atoms with Crippen molar-refractivity contribution >= 4 is 6.08 Å². The minimum atomic E-state index is 0.596. The number of benzene rings is 1. The molecule has 2 nitrogen and oxygen atoms in total. The van der Waals surface area contributed by atoms with E-state index in [2.05, 4.69) is 42.3 Å². The van der Waals surface area contributed by atoms with Crippen LogP contribution < -0.4 is 0 Å². The van der Waals surface area contributed by atoms with Gasteiger partial charge in [0.25, 0.3) is 0 Å². The van der Waals surface area contributed by atoms with E-state index in [0.29, 0.717) is 6.04 Å². The first-order valence-electron chi connectivity index (χ1n) is 10.4. The van der Waals surface area contributed by atoms with Gasteiger partial charge in [-0.2, -0.15) is 5.06 Å². The molecular weight excluding hydrogens is 306 g/mol. The lowest BCUT2D eigenvalue weighted by atomic mass is 9.82. The summed E-state index contributed by atoms with van der Waals surface area (Å²) >= 11 is 0. The van der Waals surface area contributed by atoms with Gasteiger partial charge < -0.3 is 4.84 Å². The fourth-order valence-corrected chi connectivity index (χ4v) is 4.71. The molecule has 0 N–H and O–H groups in total. The summed E-state index contributed by atoms with van der Waals surface area (Å²) in [4.78, 5) is 5.63. The van der Waals surface area contributed by atoms with Gasteiger partial charge in [0, 0.05) is 12.6 Å². The standard InChI is InChI=1S/C23H35NO/c1-19-18-20(15-16-23(19)21-11-5-3-6-12-21)10-9-17-24(25-2)22-13-7-4-8-14-22/h9-10,15-16,18,21-22H,3-8,11-14,17H2,1-2H3/b10-9-. The first-order chi connectivity index (χ1) is 12.3. The van der Waals surface area contributed by atoms with E-state index in [4.69, 9.17) is 4.84 Å². The molecule has 0 radical (unpaired) electrons. The molecule has 2 aliphatic rings. The average molecular weight is 342 g/mol. The Labute approximate surface area is 154 Å². The van der Waals surface area contributed by atoms with Crippen molar-refractivity contribution in [2.75, 3.05) is 13.7 Å². The normalized spacial score (nSPS) is 20.6. The van der Waals surface area contributed by atoms with Gasteiger partial charge >= 0.3 is 0 Å². The van der Waals surface area contributed by atoms with Crippen LogP contribution in [0.3, 0.4) is 0 Å². The van der Waals surface area contributed by atoms with Gasteiger partial charge in [-0.25, -0.2) is 0 Å². The van der Waals surface area contributed by atoms with Crippen LogP contribution in [0.15, 0.2) is 24.3 Å². The maximum Gasteiger partial charge on any atom is 0.0575 e. The van der Waals surface area contributed by atoms with E-state index < -0.39 is 0 Å². The summed E-state index contributed by atoms with van der Waals surface area (Å²) in [5, 5.41) is 2.17. The van der Waals surface area contributed by atoms with Crippen LogP contribution in [-0.4, -0.2) is 24.8 Å². The summed E-state index contributed by atoms with van der Waals surface area (Å²) in [5.74, 6) is 0.794. The van der Waals surface area contributed by atoms with Crippen molar-refractivity contribution in [3.8, 4) is 0 Å². The monoisotopic (exact) mass is 341 g/mol. The highest BCUT2D eigenvalue weighted by Gasteiger charge is 2.20. The third-order valence-electron chi connectivity index (χ3n) is 6.15. The van der Waals surface area contributed by atoms with Crippen molar-refractivity contribution in [3.05, 3.63) is 41.0 Å². The second kappa shape index (κ2) is 9.54. The van der Waals surface area contributed by atoms with Gasteiger partial charge in [-0.15, -0.1) is 0 Å². The SMILES string of the molecule is CON(C/C=C\c1ccc(C2CCCCC2)c(C)c1)C1CCCCC1. The average Bonchev–Trinajstić information content (AvgIpc) is 2.67. The molecule has 2 aliphatic carbocycles. The van der Waals surface area contributed by atoms with Gasteiger partial charge in [-0.3, -0.25) is 0 Å². The quantitative estimate of drug-likeness (QED) is 0.567. The third-order valence-corrected chi connectivity index (χ3v) is 6.15. The molecule has 1 aromatic carbocycles. The Balaban J connectivity index is 1.58. The third kappa shape index (κ3) is 5.18. The summed E-state index contributed by atoms with van der Waals surface area (Å²) in [6.45, 7) is 3.16. The lowest BCUT2D eigenvalue weighted by molar-refractivity contribution is -0.159. The van der Waals surface area contributed by atoms with Crippen molar-refractivity contribution in [1.82, 2.24) is 5.06 Å². The smallest absolute Gasteiger partial charge is 0.0575 e. The molecule has 25 heavy (non-hydrogen) atoms. The topological polar surface area (TPSA) is 12.5 Å². The number of rotatable bonds is 6.